The van der Waals surface area contributed by atoms with E-state index in [1.165, 1.54) is 5.03 Å². The molecule has 86 valence electrons. The zero-order chi connectivity index (χ0) is 11.7. The number of nitrogens with one attached hydrogen (secondary N) is 1. The van der Waals surface area contributed by atoms with Crippen LogP contribution in [0.4, 0.5) is 5.69 Å². The quantitative estimate of drug-likeness (QED) is 0.773. The fraction of sp³-hybridized carbons (Fsp3) is 0.154. The summed E-state index contributed by atoms with van der Waals surface area (Å²) >= 11 is 1.71. The summed E-state index contributed by atoms with van der Waals surface area (Å²) in [5.74, 6) is 0.889. The number of carbonyl (C=O) groups excluding carboxylic acids is 1. The van der Waals surface area contributed by atoms with E-state index in [-0.39, 0.29) is 5.91 Å². The number of thioether (sulfide) groups is 1. The highest BCUT2D eigenvalue weighted by atomic mass is 32.2. The monoisotopic (exact) mass is 244 g/mol. The van der Waals surface area contributed by atoms with Crippen LogP contribution in [0.3, 0.4) is 0 Å². The molecule has 0 fully saturated rings. The number of anilines is 1. The van der Waals surface area contributed by atoms with Gasteiger partial charge in [0.25, 0.3) is 0 Å². The van der Waals surface area contributed by atoms with Crippen LogP contribution in [0.2, 0.25) is 0 Å². The predicted molar refractivity (Wildman–Crippen MR) is 69.7 cm³/mol. The maximum Gasteiger partial charge on any atom is 0.225 e. The first-order chi connectivity index (χ1) is 8.34. The Morgan fingerprint density at radius 2 is 2.06 bits per heavy atom. The molecule has 4 heteroatoms. The van der Waals surface area contributed by atoms with Crippen molar-refractivity contribution in [1.29, 1.82) is 0 Å². The highest BCUT2D eigenvalue weighted by Gasteiger charge is 2.13. The summed E-state index contributed by atoms with van der Waals surface area (Å²) < 4.78 is 2.12. The molecule has 1 N–H and O–H groups in total. The normalized spacial score (nSPS) is 14.9. The first kappa shape index (κ1) is 10.5. The average molecular weight is 244 g/mol. The van der Waals surface area contributed by atoms with Gasteiger partial charge in [0.1, 0.15) is 0 Å². The molecule has 2 aromatic rings. The lowest BCUT2D eigenvalue weighted by molar-refractivity contribution is -0.115. The molecule has 1 aliphatic rings. The third kappa shape index (κ3) is 1.96. The van der Waals surface area contributed by atoms with E-state index in [2.05, 4.69) is 16.0 Å². The lowest BCUT2D eigenvalue weighted by atomic mass is 10.2. The Morgan fingerprint density at radius 3 is 3.00 bits per heavy atom. The summed E-state index contributed by atoms with van der Waals surface area (Å²) in [6.07, 6.45) is 2.57. The standard InChI is InChI=1S/C13H12N2OS/c16-12-7-9-17-13-6-3-8-15(13)11-5-2-1-4-10(11)14-12/h1-6,8H,7,9H2,(H,14,16). The first-order valence-corrected chi connectivity index (χ1v) is 6.52. The number of carbonyl (C=O) groups is 1. The Hall–Kier alpha value is -1.68. The molecule has 0 saturated carbocycles. The molecule has 1 aromatic carbocycles. The van der Waals surface area contributed by atoms with Gasteiger partial charge in [-0.1, -0.05) is 12.1 Å². The third-order valence-electron chi connectivity index (χ3n) is 2.73. The van der Waals surface area contributed by atoms with Gasteiger partial charge in [-0.05, 0) is 24.3 Å². The van der Waals surface area contributed by atoms with Crippen molar-refractivity contribution < 1.29 is 4.79 Å². The molecule has 3 nitrogen and oxygen atoms in total. The molecule has 17 heavy (non-hydrogen) atoms. The van der Waals surface area contributed by atoms with E-state index in [1.807, 2.05) is 36.5 Å². The fourth-order valence-corrected chi connectivity index (χ4v) is 2.90. The smallest absolute Gasteiger partial charge is 0.225 e. The van der Waals surface area contributed by atoms with Crippen LogP contribution in [-0.2, 0) is 4.79 Å². The SMILES string of the molecule is O=C1CCSc2cccn2-c2ccccc2N1. The first-order valence-electron chi connectivity index (χ1n) is 5.54. The summed E-state index contributed by atoms with van der Waals surface area (Å²) in [4.78, 5) is 11.7. The van der Waals surface area contributed by atoms with Gasteiger partial charge in [-0.2, -0.15) is 0 Å². The summed E-state index contributed by atoms with van der Waals surface area (Å²) in [6.45, 7) is 0. The van der Waals surface area contributed by atoms with Crippen molar-refractivity contribution in [2.75, 3.05) is 11.1 Å². The number of hydrogen-bond acceptors (Lipinski definition) is 2. The van der Waals surface area contributed by atoms with Crippen molar-refractivity contribution in [3.63, 3.8) is 0 Å². The molecule has 1 amide bonds. The number of amides is 1. The third-order valence-corrected chi connectivity index (χ3v) is 3.76. The van der Waals surface area contributed by atoms with Gasteiger partial charge in [-0.15, -0.1) is 11.8 Å². The lowest BCUT2D eigenvalue weighted by Crippen LogP contribution is -2.12. The van der Waals surface area contributed by atoms with Crippen LogP contribution in [0.5, 0.6) is 0 Å². The molecule has 0 spiro atoms. The van der Waals surface area contributed by atoms with Crippen LogP contribution < -0.4 is 5.32 Å². The number of rotatable bonds is 0. The van der Waals surface area contributed by atoms with Crippen molar-refractivity contribution in [3.05, 3.63) is 42.6 Å². The molecule has 1 aromatic heterocycles. The molecule has 2 heterocycles. The van der Waals surface area contributed by atoms with E-state index in [0.29, 0.717) is 6.42 Å². The van der Waals surface area contributed by atoms with Gasteiger partial charge in [-0.25, -0.2) is 0 Å². The predicted octanol–water partition coefficient (Wildman–Crippen LogP) is 2.91. The van der Waals surface area contributed by atoms with Crippen LogP contribution in [0.1, 0.15) is 6.42 Å². The van der Waals surface area contributed by atoms with E-state index in [9.17, 15) is 4.79 Å². The van der Waals surface area contributed by atoms with Crippen LogP contribution in [0.15, 0.2) is 47.6 Å². The van der Waals surface area contributed by atoms with E-state index in [1.54, 1.807) is 11.8 Å². The summed E-state index contributed by atoms with van der Waals surface area (Å²) in [5.41, 5.74) is 1.90. The van der Waals surface area contributed by atoms with Crippen molar-refractivity contribution >= 4 is 23.4 Å². The van der Waals surface area contributed by atoms with E-state index in [4.69, 9.17) is 0 Å². The molecule has 0 radical (unpaired) electrons. The number of para-hydroxylation sites is 2. The zero-order valence-electron chi connectivity index (χ0n) is 9.22. The number of nitrogens with zero attached hydrogens (tertiary/aromatic N) is 1. The molecule has 0 atom stereocenters. The Labute approximate surface area is 104 Å². The summed E-state index contributed by atoms with van der Waals surface area (Å²) in [6, 6.07) is 12.0. The van der Waals surface area contributed by atoms with Gasteiger partial charge < -0.3 is 9.88 Å². The van der Waals surface area contributed by atoms with Gasteiger partial charge in [0.15, 0.2) is 0 Å². The van der Waals surface area contributed by atoms with Crippen molar-refractivity contribution in [2.45, 2.75) is 11.4 Å². The molecule has 0 aliphatic carbocycles. The van der Waals surface area contributed by atoms with Gasteiger partial charge >= 0.3 is 0 Å². The Morgan fingerprint density at radius 1 is 1.18 bits per heavy atom. The second-order valence-electron chi connectivity index (χ2n) is 3.88. The van der Waals surface area contributed by atoms with Crippen LogP contribution in [0.25, 0.3) is 5.69 Å². The second kappa shape index (κ2) is 4.30. The summed E-state index contributed by atoms with van der Waals surface area (Å²) in [7, 11) is 0. The van der Waals surface area contributed by atoms with Crippen molar-refractivity contribution in [3.8, 4) is 5.69 Å². The van der Waals surface area contributed by atoms with Gasteiger partial charge in [0.05, 0.1) is 16.4 Å². The molecule has 1 aliphatic heterocycles. The van der Waals surface area contributed by atoms with E-state index < -0.39 is 0 Å². The Bertz CT molecular complexity index is 562. The second-order valence-corrected chi connectivity index (χ2v) is 5.00. The van der Waals surface area contributed by atoms with Gasteiger partial charge in [0.2, 0.25) is 5.91 Å². The highest BCUT2D eigenvalue weighted by molar-refractivity contribution is 7.99. The highest BCUT2D eigenvalue weighted by Crippen LogP contribution is 2.29. The number of aromatic nitrogens is 1. The van der Waals surface area contributed by atoms with Crippen molar-refractivity contribution in [2.24, 2.45) is 0 Å². The molecular weight excluding hydrogens is 232 g/mol. The maximum atomic E-state index is 11.7. The van der Waals surface area contributed by atoms with E-state index in [0.717, 1.165) is 17.1 Å². The van der Waals surface area contributed by atoms with Gasteiger partial charge in [0, 0.05) is 18.4 Å². The topological polar surface area (TPSA) is 34.0 Å². The number of hydrogen-bond donors (Lipinski definition) is 1. The molecule has 0 saturated heterocycles. The molecule has 0 bridgehead atoms. The number of fused-ring (bicyclic) bond motifs is 3. The fourth-order valence-electron chi connectivity index (χ4n) is 1.93. The summed E-state index contributed by atoms with van der Waals surface area (Å²) in [5, 5.41) is 4.13. The minimum atomic E-state index is 0.0794. The van der Waals surface area contributed by atoms with Gasteiger partial charge in [-0.3, -0.25) is 4.79 Å². The van der Waals surface area contributed by atoms with E-state index >= 15 is 0 Å². The number of benzene rings is 1. The Balaban J connectivity index is 2.17. The minimum absolute atomic E-state index is 0.0794. The van der Waals surface area contributed by atoms with Crippen LogP contribution >= 0.6 is 11.8 Å². The zero-order valence-corrected chi connectivity index (χ0v) is 10.0. The van der Waals surface area contributed by atoms with Crippen molar-refractivity contribution in [1.82, 2.24) is 4.57 Å². The average Bonchev–Trinajstić information content (AvgIpc) is 2.78. The Kier molecular flexibility index (Phi) is 2.65. The van der Waals surface area contributed by atoms with Crippen LogP contribution in [0, 0.1) is 0 Å². The minimum Gasteiger partial charge on any atom is -0.324 e. The van der Waals surface area contributed by atoms with Crippen LogP contribution in [-0.4, -0.2) is 16.2 Å². The molecule has 0 unspecified atom stereocenters. The lowest BCUT2D eigenvalue weighted by Gasteiger charge is -2.11. The largest absolute Gasteiger partial charge is 0.324 e. The maximum absolute atomic E-state index is 11.7. The molecule has 3 rings (SSSR count). The molecular formula is C13H12N2OS.